The molecule has 5 aromatic rings. The van der Waals surface area contributed by atoms with Crippen molar-refractivity contribution in [2.75, 3.05) is 0 Å². The van der Waals surface area contributed by atoms with Gasteiger partial charge in [-0.05, 0) is 50.1 Å². The van der Waals surface area contributed by atoms with Crippen LogP contribution in [-0.2, 0) is 6.54 Å². The SMILES string of the molecule is Cc1ccc2c(n1)c1ccc(-c3c(C)noc3C)cc1n2Cc1ccccc1. The Morgan fingerprint density at radius 1 is 0.893 bits per heavy atom. The smallest absolute Gasteiger partial charge is 0.141 e. The highest BCUT2D eigenvalue weighted by molar-refractivity contribution is 6.07. The van der Waals surface area contributed by atoms with E-state index in [0.717, 1.165) is 45.9 Å². The van der Waals surface area contributed by atoms with Gasteiger partial charge in [0.05, 0.1) is 22.2 Å². The van der Waals surface area contributed by atoms with Crippen LogP contribution in [0.25, 0.3) is 33.1 Å². The summed E-state index contributed by atoms with van der Waals surface area (Å²) in [6.45, 7) is 6.79. The first kappa shape index (κ1) is 16.8. The number of hydrogen-bond donors (Lipinski definition) is 0. The van der Waals surface area contributed by atoms with Gasteiger partial charge in [-0.3, -0.25) is 4.98 Å². The predicted octanol–water partition coefficient (Wildman–Crippen LogP) is 5.82. The molecule has 5 rings (SSSR count). The van der Waals surface area contributed by atoms with Gasteiger partial charge in [-0.1, -0.05) is 47.6 Å². The largest absolute Gasteiger partial charge is 0.361 e. The van der Waals surface area contributed by atoms with Gasteiger partial charge in [-0.15, -0.1) is 0 Å². The van der Waals surface area contributed by atoms with Crippen molar-refractivity contribution in [3.8, 4) is 11.1 Å². The summed E-state index contributed by atoms with van der Waals surface area (Å²) in [6.07, 6.45) is 0. The maximum atomic E-state index is 5.39. The molecule has 0 saturated heterocycles. The fourth-order valence-electron chi connectivity index (χ4n) is 4.04. The molecule has 138 valence electrons. The maximum absolute atomic E-state index is 5.39. The minimum Gasteiger partial charge on any atom is -0.361 e. The van der Waals surface area contributed by atoms with Crippen molar-refractivity contribution in [1.82, 2.24) is 14.7 Å². The number of fused-ring (bicyclic) bond motifs is 3. The molecule has 0 spiro atoms. The summed E-state index contributed by atoms with van der Waals surface area (Å²) >= 11 is 0. The quantitative estimate of drug-likeness (QED) is 0.404. The highest BCUT2D eigenvalue weighted by Crippen LogP contribution is 2.34. The normalized spacial score (nSPS) is 11.5. The Kier molecular flexibility index (Phi) is 3.79. The summed E-state index contributed by atoms with van der Waals surface area (Å²) in [5.74, 6) is 0.844. The molecule has 0 radical (unpaired) electrons. The van der Waals surface area contributed by atoms with Gasteiger partial charge >= 0.3 is 0 Å². The summed E-state index contributed by atoms with van der Waals surface area (Å²) in [6, 6.07) is 21.4. The predicted molar refractivity (Wildman–Crippen MR) is 112 cm³/mol. The van der Waals surface area contributed by atoms with Gasteiger partial charge in [-0.2, -0.15) is 0 Å². The van der Waals surface area contributed by atoms with Crippen LogP contribution in [0.2, 0.25) is 0 Å². The van der Waals surface area contributed by atoms with Crippen molar-refractivity contribution in [1.29, 1.82) is 0 Å². The summed E-state index contributed by atoms with van der Waals surface area (Å²) in [5, 5.41) is 5.29. The molecule has 0 bridgehead atoms. The van der Waals surface area contributed by atoms with Crippen molar-refractivity contribution in [2.24, 2.45) is 0 Å². The first-order chi connectivity index (χ1) is 13.6. The van der Waals surface area contributed by atoms with Crippen LogP contribution in [0.1, 0.15) is 22.7 Å². The molecule has 0 aliphatic heterocycles. The lowest BCUT2D eigenvalue weighted by atomic mass is 10.0. The zero-order valence-corrected chi connectivity index (χ0v) is 16.2. The number of benzene rings is 2. The Balaban J connectivity index is 1.80. The minimum atomic E-state index is 0.802. The third-order valence-corrected chi connectivity index (χ3v) is 5.35. The molecule has 4 heteroatoms. The average molecular weight is 367 g/mol. The Labute approximate surface area is 163 Å². The molecule has 2 aromatic carbocycles. The summed E-state index contributed by atoms with van der Waals surface area (Å²) in [7, 11) is 0. The molecule has 4 nitrogen and oxygen atoms in total. The third-order valence-electron chi connectivity index (χ3n) is 5.35. The number of hydrogen-bond acceptors (Lipinski definition) is 3. The molecule has 0 fully saturated rings. The van der Waals surface area contributed by atoms with E-state index in [1.54, 1.807) is 0 Å². The van der Waals surface area contributed by atoms with Crippen LogP contribution in [-0.4, -0.2) is 14.7 Å². The van der Waals surface area contributed by atoms with Gasteiger partial charge in [-0.25, -0.2) is 0 Å². The van der Waals surface area contributed by atoms with Gasteiger partial charge < -0.3 is 9.09 Å². The molecule has 0 unspecified atom stereocenters. The lowest BCUT2D eigenvalue weighted by Crippen LogP contribution is -1.99. The second-order valence-electron chi connectivity index (χ2n) is 7.32. The van der Waals surface area contributed by atoms with Gasteiger partial charge in [0.15, 0.2) is 0 Å². The molecule has 28 heavy (non-hydrogen) atoms. The number of nitrogens with zero attached hydrogens (tertiary/aromatic N) is 3. The van der Waals surface area contributed by atoms with E-state index >= 15 is 0 Å². The number of aryl methyl sites for hydroxylation is 3. The van der Waals surface area contributed by atoms with Crippen LogP contribution in [0.3, 0.4) is 0 Å². The lowest BCUT2D eigenvalue weighted by Gasteiger charge is -2.09. The Morgan fingerprint density at radius 3 is 2.46 bits per heavy atom. The van der Waals surface area contributed by atoms with E-state index in [4.69, 9.17) is 9.51 Å². The highest BCUT2D eigenvalue weighted by atomic mass is 16.5. The standard InChI is InChI=1S/C24H21N3O/c1-15-9-12-21-24(25-15)20-11-10-19(23-16(2)26-28-17(23)3)13-22(20)27(21)14-18-7-5-4-6-8-18/h4-13H,14H2,1-3H3. The number of aromatic nitrogens is 3. The second-order valence-corrected chi connectivity index (χ2v) is 7.32. The molecule has 0 saturated carbocycles. The Morgan fingerprint density at radius 2 is 1.71 bits per heavy atom. The monoisotopic (exact) mass is 367 g/mol. The summed E-state index contributed by atoms with van der Waals surface area (Å²) in [5.41, 5.74) is 8.79. The topological polar surface area (TPSA) is 43.9 Å². The van der Waals surface area contributed by atoms with Gasteiger partial charge in [0.25, 0.3) is 0 Å². The number of rotatable bonds is 3. The molecule has 3 aromatic heterocycles. The molecule has 0 atom stereocenters. The van der Waals surface area contributed by atoms with Crippen molar-refractivity contribution in [3.63, 3.8) is 0 Å². The van der Waals surface area contributed by atoms with Gasteiger partial charge in [0.1, 0.15) is 5.76 Å². The van der Waals surface area contributed by atoms with Gasteiger partial charge in [0, 0.05) is 23.2 Å². The maximum Gasteiger partial charge on any atom is 0.141 e. The van der Waals surface area contributed by atoms with Crippen molar-refractivity contribution in [2.45, 2.75) is 27.3 Å². The molecular formula is C24H21N3O. The van der Waals surface area contributed by atoms with E-state index in [1.165, 1.54) is 16.5 Å². The Bertz CT molecular complexity index is 1290. The zero-order valence-electron chi connectivity index (χ0n) is 16.2. The van der Waals surface area contributed by atoms with E-state index in [2.05, 4.69) is 70.4 Å². The van der Waals surface area contributed by atoms with Gasteiger partial charge in [0.2, 0.25) is 0 Å². The molecule has 0 aliphatic carbocycles. The van der Waals surface area contributed by atoms with Crippen LogP contribution in [0.4, 0.5) is 0 Å². The third kappa shape index (κ3) is 2.61. The Hall–Kier alpha value is -3.40. The second kappa shape index (κ2) is 6.34. The zero-order chi connectivity index (χ0) is 19.3. The highest BCUT2D eigenvalue weighted by Gasteiger charge is 2.16. The molecule has 0 aliphatic rings. The van der Waals surface area contributed by atoms with Crippen LogP contribution in [0.15, 0.2) is 65.2 Å². The first-order valence-electron chi connectivity index (χ1n) is 9.48. The van der Waals surface area contributed by atoms with Crippen molar-refractivity contribution >= 4 is 21.9 Å². The van der Waals surface area contributed by atoms with Crippen LogP contribution >= 0.6 is 0 Å². The lowest BCUT2D eigenvalue weighted by molar-refractivity contribution is 0.393. The molecule has 0 N–H and O–H groups in total. The first-order valence-corrected chi connectivity index (χ1v) is 9.48. The van der Waals surface area contributed by atoms with E-state index in [0.29, 0.717) is 0 Å². The average Bonchev–Trinajstić information content (AvgIpc) is 3.19. The van der Waals surface area contributed by atoms with E-state index in [-0.39, 0.29) is 0 Å². The minimum absolute atomic E-state index is 0.802. The van der Waals surface area contributed by atoms with Crippen molar-refractivity contribution in [3.05, 3.63) is 83.4 Å². The fraction of sp³-hybridized carbons (Fsp3) is 0.167. The van der Waals surface area contributed by atoms with Crippen LogP contribution in [0, 0.1) is 20.8 Å². The van der Waals surface area contributed by atoms with E-state index < -0.39 is 0 Å². The van der Waals surface area contributed by atoms with Crippen LogP contribution in [0.5, 0.6) is 0 Å². The van der Waals surface area contributed by atoms with Crippen molar-refractivity contribution < 1.29 is 4.52 Å². The van der Waals surface area contributed by atoms with E-state index in [9.17, 15) is 0 Å². The van der Waals surface area contributed by atoms with E-state index in [1.807, 2.05) is 20.8 Å². The summed E-state index contributed by atoms with van der Waals surface area (Å²) in [4.78, 5) is 4.84. The summed E-state index contributed by atoms with van der Waals surface area (Å²) < 4.78 is 7.75. The number of pyridine rings is 1. The molecular weight excluding hydrogens is 346 g/mol. The molecule has 3 heterocycles. The molecule has 0 amide bonds. The fourth-order valence-corrected chi connectivity index (χ4v) is 4.04. The van der Waals surface area contributed by atoms with Crippen LogP contribution < -0.4 is 0 Å².